The molecule has 1 atom stereocenters. The molecule has 1 aromatic carbocycles. The number of anilines is 1. The molecule has 0 aliphatic carbocycles. The van der Waals surface area contributed by atoms with Crippen molar-refractivity contribution in [3.63, 3.8) is 0 Å². The number of hydrogen-bond donors (Lipinski definition) is 1. The highest BCUT2D eigenvalue weighted by Crippen LogP contribution is 2.14. The lowest BCUT2D eigenvalue weighted by atomic mass is 10.1. The summed E-state index contributed by atoms with van der Waals surface area (Å²) in [5.74, 6) is -1.13. The van der Waals surface area contributed by atoms with E-state index in [0.29, 0.717) is 17.8 Å². The van der Waals surface area contributed by atoms with E-state index < -0.39 is 5.92 Å². The summed E-state index contributed by atoms with van der Waals surface area (Å²) in [5, 5.41) is 2.64. The van der Waals surface area contributed by atoms with E-state index in [1.807, 2.05) is 6.92 Å². The number of carbonyl (C=O) groups excluding carboxylic acids is 3. The molecule has 0 spiro atoms. The Morgan fingerprint density at radius 1 is 1.32 bits per heavy atom. The van der Waals surface area contributed by atoms with Gasteiger partial charge in [0.15, 0.2) is 0 Å². The first-order valence-corrected chi connectivity index (χ1v) is 7.13. The molecule has 1 N–H and O–H groups in total. The molecule has 0 fully saturated rings. The van der Waals surface area contributed by atoms with Crippen molar-refractivity contribution in [2.75, 3.05) is 25.5 Å². The van der Waals surface area contributed by atoms with Gasteiger partial charge in [0.2, 0.25) is 5.91 Å². The predicted molar refractivity (Wildman–Crippen MR) is 83.5 cm³/mol. The van der Waals surface area contributed by atoms with Crippen molar-refractivity contribution in [1.82, 2.24) is 4.90 Å². The minimum atomic E-state index is -0.396. The van der Waals surface area contributed by atoms with E-state index >= 15 is 0 Å². The fourth-order valence-corrected chi connectivity index (χ4v) is 2.08. The van der Waals surface area contributed by atoms with Crippen molar-refractivity contribution in [2.45, 2.75) is 20.8 Å². The molecule has 0 aliphatic rings. The Balaban J connectivity index is 2.87. The van der Waals surface area contributed by atoms with Gasteiger partial charge in [-0.1, -0.05) is 13.0 Å². The van der Waals surface area contributed by atoms with E-state index in [0.717, 1.165) is 0 Å². The summed E-state index contributed by atoms with van der Waals surface area (Å²) in [6.07, 6.45) is 0. The highest BCUT2D eigenvalue weighted by atomic mass is 16.5. The van der Waals surface area contributed by atoms with Gasteiger partial charge in [0.25, 0.3) is 5.91 Å². The lowest BCUT2D eigenvalue weighted by molar-refractivity contribution is -0.145. The first-order chi connectivity index (χ1) is 10.4. The Hall–Kier alpha value is -2.37. The summed E-state index contributed by atoms with van der Waals surface area (Å²) in [5.41, 5.74) is 1.03. The highest BCUT2D eigenvalue weighted by Gasteiger charge is 2.21. The summed E-state index contributed by atoms with van der Waals surface area (Å²) in [6.45, 7) is 5.73. The predicted octanol–water partition coefficient (Wildman–Crippen LogP) is 1.92. The van der Waals surface area contributed by atoms with Crippen LogP contribution in [0.25, 0.3) is 0 Å². The average Bonchev–Trinajstić information content (AvgIpc) is 2.50. The van der Waals surface area contributed by atoms with Crippen molar-refractivity contribution in [3.8, 4) is 0 Å². The molecule has 2 amide bonds. The minimum Gasteiger partial charge on any atom is -0.469 e. The lowest BCUT2D eigenvalue weighted by Crippen LogP contribution is -2.37. The summed E-state index contributed by atoms with van der Waals surface area (Å²) in [4.78, 5) is 36.7. The quantitative estimate of drug-likeness (QED) is 0.815. The topological polar surface area (TPSA) is 75.7 Å². The molecule has 6 heteroatoms. The van der Waals surface area contributed by atoms with Crippen LogP contribution in [0.3, 0.4) is 0 Å². The van der Waals surface area contributed by atoms with E-state index in [2.05, 4.69) is 10.1 Å². The molecular weight excluding hydrogens is 284 g/mol. The number of esters is 1. The minimum absolute atomic E-state index is 0.189. The first kappa shape index (κ1) is 17.7. The zero-order chi connectivity index (χ0) is 16.7. The molecule has 0 bridgehead atoms. The van der Waals surface area contributed by atoms with Crippen LogP contribution in [0.2, 0.25) is 0 Å². The second-order valence-electron chi connectivity index (χ2n) is 5.03. The van der Waals surface area contributed by atoms with Crippen LogP contribution in [-0.4, -0.2) is 42.9 Å². The molecular formula is C16H22N2O4. The summed E-state index contributed by atoms with van der Waals surface area (Å²) in [7, 11) is 1.33. The number of ether oxygens (including phenoxy) is 1. The standard InChI is InChI=1S/C16H22N2O4/c1-5-18(10-11(2)16(21)22-4)15(20)13-7-6-8-14(9-13)17-12(3)19/h6-9,11H,5,10H2,1-4H3,(H,17,19). The molecule has 0 saturated carbocycles. The SMILES string of the molecule is CCN(CC(C)C(=O)OC)C(=O)c1cccc(NC(C)=O)c1. The van der Waals surface area contributed by atoms with Crippen molar-refractivity contribution >= 4 is 23.5 Å². The van der Waals surface area contributed by atoms with Crippen LogP contribution in [0, 0.1) is 5.92 Å². The van der Waals surface area contributed by atoms with E-state index in [-0.39, 0.29) is 24.3 Å². The Morgan fingerprint density at radius 3 is 2.55 bits per heavy atom. The second-order valence-corrected chi connectivity index (χ2v) is 5.03. The maximum atomic E-state index is 12.5. The lowest BCUT2D eigenvalue weighted by Gasteiger charge is -2.23. The molecule has 1 rings (SSSR count). The second kappa shape index (κ2) is 8.17. The third-order valence-corrected chi connectivity index (χ3v) is 3.20. The third kappa shape index (κ3) is 4.87. The monoisotopic (exact) mass is 306 g/mol. The molecule has 0 radical (unpaired) electrons. The van der Waals surface area contributed by atoms with Gasteiger partial charge in [0, 0.05) is 31.3 Å². The number of amides is 2. The third-order valence-electron chi connectivity index (χ3n) is 3.20. The molecule has 22 heavy (non-hydrogen) atoms. The van der Waals surface area contributed by atoms with E-state index in [9.17, 15) is 14.4 Å². The molecule has 0 saturated heterocycles. The molecule has 0 heterocycles. The largest absolute Gasteiger partial charge is 0.469 e. The maximum Gasteiger partial charge on any atom is 0.310 e. The fraction of sp³-hybridized carbons (Fsp3) is 0.438. The van der Waals surface area contributed by atoms with E-state index in [4.69, 9.17) is 0 Å². The van der Waals surface area contributed by atoms with Gasteiger partial charge in [-0.3, -0.25) is 14.4 Å². The van der Waals surface area contributed by atoms with Gasteiger partial charge in [-0.2, -0.15) is 0 Å². The number of hydrogen-bond acceptors (Lipinski definition) is 4. The van der Waals surface area contributed by atoms with Crippen molar-refractivity contribution < 1.29 is 19.1 Å². The zero-order valence-electron chi connectivity index (χ0n) is 13.4. The van der Waals surface area contributed by atoms with Crippen LogP contribution in [0.4, 0.5) is 5.69 Å². The summed E-state index contributed by atoms with van der Waals surface area (Å²) in [6, 6.07) is 6.72. The first-order valence-electron chi connectivity index (χ1n) is 7.13. The number of rotatable bonds is 6. The Kier molecular flexibility index (Phi) is 6.56. The Labute approximate surface area is 130 Å². The number of benzene rings is 1. The summed E-state index contributed by atoms with van der Waals surface area (Å²) >= 11 is 0. The van der Waals surface area contributed by atoms with Crippen LogP contribution in [0.1, 0.15) is 31.1 Å². The van der Waals surface area contributed by atoms with Crippen LogP contribution >= 0.6 is 0 Å². The van der Waals surface area contributed by atoms with Gasteiger partial charge in [0.1, 0.15) is 0 Å². The van der Waals surface area contributed by atoms with Gasteiger partial charge < -0.3 is 15.0 Å². The van der Waals surface area contributed by atoms with Crippen molar-refractivity contribution in [2.24, 2.45) is 5.92 Å². The molecule has 120 valence electrons. The van der Waals surface area contributed by atoms with Gasteiger partial charge >= 0.3 is 5.97 Å². The van der Waals surface area contributed by atoms with Gasteiger partial charge in [-0.15, -0.1) is 0 Å². The fourth-order valence-electron chi connectivity index (χ4n) is 2.08. The van der Waals surface area contributed by atoms with Crippen LogP contribution in [0.5, 0.6) is 0 Å². The van der Waals surface area contributed by atoms with Gasteiger partial charge in [0.05, 0.1) is 13.0 Å². The normalized spacial score (nSPS) is 11.5. The Morgan fingerprint density at radius 2 is 2.00 bits per heavy atom. The summed E-state index contributed by atoms with van der Waals surface area (Å²) < 4.78 is 4.68. The molecule has 0 aliphatic heterocycles. The average molecular weight is 306 g/mol. The molecule has 0 aromatic heterocycles. The van der Waals surface area contributed by atoms with Crippen LogP contribution in [-0.2, 0) is 14.3 Å². The number of carbonyl (C=O) groups is 3. The molecule has 1 aromatic rings. The smallest absolute Gasteiger partial charge is 0.310 e. The number of nitrogens with zero attached hydrogens (tertiary/aromatic N) is 1. The van der Waals surface area contributed by atoms with Crippen molar-refractivity contribution in [3.05, 3.63) is 29.8 Å². The van der Waals surface area contributed by atoms with Crippen molar-refractivity contribution in [1.29, 1.82) is 0 Å². The number of methoxy groups -OCH3 is 1. The zero-order valence-corrected chi connectivity index (χ0v) is 13.4. The van der Waals surface area contributed by atoms with Gasteiger partial charge in [-0.25, -0.2) is 0 Å². The number of nitrogens with one attached hydrogen (secondary N) is 1. The molecule has 1 unspecified atom stereocenters. The van der Waals surface area contributed by atoms with E-state index in [1.165, 1.54) is 14.0 Å². The maximum absolute atomic E-state index is 12.5. The molecule has 6 nitrogen and oxygen atoms in total. The Bertz CT molecular complexity index is 557. The van der Waals surface area contributed by atoms with Crippen LogP contribution in [0.15, 0.2) is 24.3 Å². The highest BCUT2D eigenvalue weighted by molar-refractivity contribution is 5.97. The van der Waals surface area contributed by atoms with Crippen LogP contribution < -0.4 is 5.32 Å². The van der Waals surface area contributed by atoms with E-state index in [1.54, 1.807) is 36.1 Å². The van der Waals surface area contributed by atoms with Gasteiger partial charge in [-0.05, 0) is 25.1 Å².